The highest BCUT2D eigenvalue weighted by atomic mass is 16.3. The third kappa shape index (κ3) is 2.55. The van der Waals surface area contributed by atoms with Crippen LogP contribution in [0.1, 0.15) is 17.2 Å². The van der Waals surface area contributed by atoms with Gasteiger partial charge in [0.05, 0.1) is 17.7 Å². The molecule has 0 spiro atoms. The molecule has 3 rings (SSSR count). The number of benzene rings is 2. The van der Waals surface area contributed by atoms with E-state index < -0.39 is 17.7 Å². The zero-order valence-electron chi connectivity index (χ0n) is 12.7. The van der Waals surface area contributed by atoms with Crippen molar-refractivity contribution in [2.45, 2.75) is 6.04 Å². The molecule has 1 aliphatic rings. The van der Waals surface area contributed by atoms with Gasteiger partial charge >= 0.3 is 0 Å². The summed E-state index contributed by atoms with van der Waals surface area (Å²) in [7, 11) is 0. The molecule has 24 heavy (non-hydrogen) atoms. The lowest BCUT2D eigenvalue weighted by Crippen LogP contribution is -2.29. The SMILES string of the molecule is N#CCN1C(=O)C(=O)/C(=C(/O)c2ccccc2)C1c1ccccc1. The molecule has 5 nitrogen and oxygen atoms in total. The second-order valence-electron chi connectivity index (χ2n) is 5.36. The number of aliphatic hydroxyl groups excluding tert-OH is 1. The summed E-state index contributed by atoms with van der Waals surface area (Å²) in [6.45, 7) is -0.226. The lowest BCUT2D eigenvalue weighted by Gasteiger charge is -2.22. The first-order valence-corrected chi connectivity index (χ1v) is 7.41. The van der Waals surface area contributed by atoms with Gasteiger partial charge in [0, 0.05) is 5.56 Å². The molecule has 0 aromatic heterocycles. The molecule has 5 heteroatoms. The smallest absolute Gasteiger partial charge is 0.296 e. The molecule has 1 unspecified atom stereocenters. The van der Waals surface area contributed by atoms with E-state index in [1.54, 1.807) is 54.6 Å². The first kappa shape index (κ1) is 15.5. The van der Waals surface area contributed by atoms with Crippen LogP contribution in [0.25, 0.3) is 5.76 Å². The fraction of sp³-hybridized carbons (Fsp3) is 0.105. The molecule has 1 heterocycles. The Bertz CT molecular complexity index is 851. The number of carbonyl (C=O) groups excluding carboxylic acids is 2. The molecule has 1 N–H and O–H groups in total. The fourth-order valence-corrected chi connectivity index (χ4v) is 2.85. The largest absolute Gasteiger partial charge is 0.507 e. The van der Waals surface area contributed by atoms with Crippen molar-refractivity contribution in [3.63, 3.8) is 0 Å². The summed E-state index contributed by atoms with van der Waals surface area (Å²) < 4.78 is 0. The monoisotopic (exact) mass is 318 g/mol. The molecule has 1 fully saturated rings. The minimum Gasteiger partial charge on any atom is -0.507 e. The molecular weight excluding hydrogens is 304 g/mol. The highest BCUT2D eigenvalue weighted by Crippen LogP contribution is 2.38. The van der Waals surface area contributed by atoms with Gasteiger partial charge in [-0.15, -0.1) is 0 Å². The number of ketones is 1. The minimum atomic E-state index is -0.777. The quantitative estimate of drug-likeness (QED) is 0.408. The van der Waals surface area contributed by atoms with Crippen molar-refractivity contribution in [3.8, 4) is 6.07 Å². The van der Waals surface area contributed by atoms with E-state index in [1.807, 2.05) is 12.1 Å². The number of hydrogen-bond donors (Lipinski definition) is 1. The summed E-state index contributed by atoms with van der Waals surface area (Å²) in [5.74, 6) is -1.79. The van der Waals surface area contributed by atoms with Crippen LogP contribution in [0, 0.1) is 11.3 Å². The Morgan fingerprint density at radius 1 is 1.04 bits per heavy atom. The van der Waals surface area contributed by atoms with Crippen molar-refractivity contribution < 1.29 is 14.7 Å². The molecule has 1 atom stereocenters. The normalized spacial score (nSPS) is 19.3. The average Bonchev–Trinajstić information content (AvgIpc) is 2.88. The fourth-order valence-electron chi connectivity index (χ4n) is 2.85. The second-order valence-corrected chi connectivity index (χ2v) is 5.36. The van der Waals surface area contributed by atoms with Gasteiger partial charge in [-0.05, 0) is 5.56 Å². The number of rotatable bonds is 3. The van der Waals surface area contributed by atoms with Crippen molar-refractivity contribution in [1.82, 2.24) is 4.90 Å². The molecule has 1 amide bonds. The van der Waals surface area contributed by atoms with Crippen LogP contribution in [-0.4, -0.2) is 28.2 Å². The van der Waals surface area contributed by atoms with Crippen LogP contribution in [0.15, 0.2) is 66.2 Å². The van der Waals surface area contributed by atoms with E-state index in [0.29, 0.717) is 11.1 Å². The molecule has 2 aromatic carbocycles. The molecule has 0 saturated carbocycles. The van der Waals surface area contributed by atoms with Crippen LogP contribution in [0.4, 0.5) is 0 Å². The molecule has 0 aliphatic carbocycles. The van der Waals surface area contributed by atoms with E-state index in [-0.39, 0.29) is 17.9 Å². The molecular formula is C19H14N2O3. The number of hydrogen-bond acceptors (Lipinski definition) is 4. The number of nitrogens with zero attached hydrogens (tertiary/aromatic N) is 2. The summed E-state index contributed by atoms with van der Waals surface area (Å²) in [6.07, 6.45) is 0. The maximum Gasteiger partial charge on any atom is 0.296 e. The summed E-state index contributed by atoms with van der Waals surface area (Å²) in [6, 6.07) is 18.6. The number of carbonyl (C=O) groups is 2. The van der Waals surface area contributed by atoms with Gasteiger partial charge in [0.1, 0.15) is 12.3 Å². The Hall–Kier alpha value is -3.39. The van der Waals surface area contributed by atoms with Gasteiger partial charge in [0.25, 0.3) is 11.7 Å². The Morgan fingerprint density at radius 3 is 2.21 bits per heavy atom. The molecule has 1 aliphatic heterocycles. The Labute approximate surface area is 139 Å². The molecule has 1 saturated heterocycles. The van der Waals surface area contributed by atoms with Crippen molar-refractivity contribution >= 4 is 17.4 Å². The van der Waals surface area contributed by atoms with Gasteiger partial charge in [-0.25, -0.2) is 0 Å². The Morgan fingerprint density at radius 2 is 1.62 bits per heavy atom. The van der Waals surface area contributed by atoms with Crippen molar-refractivity contribution in [2.75, 3.05) is 6.54 Å². The molecule has 2 aromatic rings. The van der Waals surface area contributed by atoms with Crippen molar-refractivity contribution in [1.29, 1.82) is 5.26 Å². The Balaban J connectivity index is 2.20. The summed E-state index contributed by atoms with van der Waals surface area (Å²) in [4.78, 5) is 26.0. The lowest BCUT2D eigenvalue weighted by molar-refractivity contribution is -0.139. The molecule has 0 radical (unpaired) electrons. The van der Waals surface area contributed by atoms with Crippen LogP contribution >= 0.6 is 0 Å². The zero-order valence-corrected chi connectivity index (χ0v) is 12.7. The van der Waals surface area contributed by atoms with Crippen LogP contribution in [0.2, 0.25) is 0 Å². The van der Waals surface area contributed by atoms with Gasteiger partial charge in [0.15, 0.2) is 0 Å². The van der Waals surface area contributed by atoms with E-state index in [4.69, 9.17) is 5.26 Å². The van der Waals surface area contributed by atoms with Gasteiger partial charge in [-0.2, -0.15) is 5.26 Å². The number of amides is 1. The predicted octanol–water partition coefficient (Wildman–Crippen LogP) is 2.63. The van der Waals surface area contributed by atoms with Crippen LogP contribution in [0.3, 0.4) is 0 Å². The van der Waals surface area contributed by atoms with Crippen LogP contribution in [0.5, 0.6) is 0 Å². The standard InChI is InChI=1S/C19H14N2O3/c20-11-12-21-16(13-7-3-1-4-8-13)15(18(23)19(21)24)17(22)14-9-5-2-6-10-14/h1-10,16,22H,12H2/b17-15+. The third-order valence-electron chi connectivity index (χ3n) is 3.94. The summed E-state index contributed by atoms with van der Waals surface area (Å²) in [5.41, 5.74) is 1.13. The summed E-state index contributed by atoms with van der Waals surface area (Å²) >= 11 is 0. The van der Waals surface area contributed by atoms with E-state index >= 15 is 0 Å². The van der Waals surface area contributed by atoms with Crippen LogP contribution in [-0.2, 0) is 9.59 Å². The molecule has 118 valence electrons. The van der Waals surface area contributed by atoms with Gasteiger partial charge < -0.3 is 10.0 Å². The van der Waals surface area contributed by atoms with E-state index in [9.17, 15) is 14.7 Å². The average molecular weight is 318 g/mol. The van der Waals surface area contributed by atoms with Crippen molar-refractivity contribution in [3.05, 3.63) is 77.4 Å². The summed E-state index contributed by atoms with van der Waals surface area (Å²) in [5, 5.41) is 19.6. The van der Waals surface area contributed by atoms with E-state index in [1.165, 1.54) is 4.90 Å². The predicted molar refractivity (Wildman–Crippen MR) is 87.5 cm³/mol. The van der Waals surface area contributed by atoms with Crippen LogP contribution < -0.4 is 0 Å². The number of aliphatic hydroxyl groups is 1. The third-order valence-corrected chi connectivity index (χ3v) is 3.94. The zero-order chi connectivity index (χ0) is 17.1. The maximum absolute atomic E-state index is 12.5. The maximum atomic E-state index is 12.5. The number of nitriles is 1. The highest BCUT2D eigenvalue weighted by Gasteiger charge is 2.45. The minimum absolute atomic E-state index is 0.00708. The van der Waals surface area contributed by atoms with Gasteiger partial charge in [-0.3, -0.25) is 9.59 Å². The van der Waals surface area contributed by atoms with Gasteiger partial charge in [0.2, 0.25) is 0 Å². The lowest BCUT2D eigenvalue weighted by atomic mass is 9.95. The molecule has 0 bridgehead atoms. The first-order chi connectivity index (χ1) is 11.6. The first-order valence-electron chi connectivity index (χ1n) is 7.41. The Kier molecular flexibility index (Phi) is 4.13. The van der Waals surface area contributed by atoms with E-state index in [2.05, 4.69) is 0 Å². The second kappa shape index (κ2) is 6.39. The topological polar surface area (TPSA) is 81.4 Å². The van der Waals surface area contributed by atoms with Crippen molar-refractivity contribution in [2.24, 2.45) is 0 Å². The highest BCUT2D eigenvalue weighted by molar-refractivity contribution is 6.46. The van der Waals surface area contributed by atoms with Gasteiger partial charge in [-0.1, -0.05) is 60.7 Å². The number of Topliss-reactive ketones (excluding diaryl/α,β-unsaturated/α-hetero) is 1. The number of likely N-dealkylation sites (tertiary alicyclic amines) is 1. The van der Waals surface area contributed by atoms with E-state index in [0.717, 1.165) is 0 Å².